The molecule has 0 aliphatic rings. The lowest BCUT2D eigenvalue weighted by Gasteiger charge is -2.04. The molecule has 0 aliphatic carbocycles. The molecule has 0 bridgehead atoms. The molecule has 0 spiro atoms. The maximum Gasteiger partial charge on any atom is 0.272 e. The zero-order chi connectivity index (χ0) is 13.9. The maximum atomic E-state index is 12.1. The van der Waals surface area contributed by atoms with Crippen LogP contribution in [0.3, 0.4) is 0 Å². The van der Waals surface area contributed by atoms with E-state index in [0.717, 1.165) is 20.7 Å². The summed E-state index contributed by atoms with van der Waals surface area (Å²) in [6, 6.07) is 6.50. The Kier molecular flexibility index (Phi) is 4.56. The number of pyridine rings is 1. The van der Waals surface area contributed by atoms with Crippen LogP contribution in [0.15, 0.2) is 39.1 Å². The summed E-state index contributed by atoms with van der Waals surface area (Å²) in [6.45, 7) is 0.00168. The SMILES string of the molecule is O=S(=O)(Nc1ccc(Br)cn1)c1ccc(CCO)s1. The predicted molar refractivity (Wildman–Crippen MR) is 77.9 cm³/mol. The van der Waals surface area contributed by atoms with Gasteiger partial charge in [-0.25, -0.2) is 13.4 Å². The molecular formula is C11H11BrN2O3S2. The summed E-state index contributed by atoms with van der Waals surface area (Å²) in [5.74, 6) is 0.264. The van der Waals surface area contributed by atoms with Crippen LogP contribution in [0.2, 0.25) is 0 Å². The molecule has 0 amide bonds. The number of sulfonamides is 1. The van der Waals surface area contributed by atoms with Crippen molar-refractivity contribution in [2.75, 3.05) is 11.3 Å². The zero-order valence-corrected chi connectivity index (χ0v) is 12.9. The number of halogens is 1. The zero-order valence-electron chi connectivity index (χ0n) is 9.71. The first-order valence-electron chi connectivity index (χ1n) is 5.35. The topological polar surface area (TPSA) is 79.3 Å². The maximum absolute atomic E-state index is 12.1. The fourth-order valence-electron chi connectivity index (χ4n) is 1.37. The number of nitrogens with one attached hydrogen (secondary N) is 1. The number of anilines is 1. The normalized spacial score (nSPS) is 11.5. The van der Waals surface area contributed by atoms with Crippen LogP contribution in [0.5, 0.6) is 0 Å². The van der Waals surface area contributed by atoms with Crippen molar-refractivity contribution in [1.29, 1.82) is 0 Å². The van der Waals surface area contributed by atoms with Gasteiger partial charge in [0.2, 0.25) is 0 Å². The third kappa shape index (κ3) is 3.75. The predicted octanol–water partition coefficient (Wildman–Crippen LogP) is 2.24. The molecule has 5 nitrogen and oxygen atoms in total. The van der Waals surface area contributed by atoms with Crippen molar-refractivity contribution in [2.45, 2.75) is 10.6 Å². The lowest BCUT2D eigenvalue weighted by atomic mass is 10.4. The fraction of sp³-hybridized carbons (Fsp3) is 0.182. The number of hydrogen-bond donors (Lipinski definition) is 2. The van der Waals surface area contributed by atoms with Crippen LogP contribution in [0.4, 0.5) is 5.82 Å². The number of nitrogens with zero attached hydrogens (tertiary/aromatic N) is 1. The standard InChI is InChI=1S/C11H11BrN2O3S2/c12-8-1-3-10(13-7-8)14-19(16,17)11-4-2-9(18-11)5-6-15/h1-4,7,15H,5-6H2,(H,13,14). The largest absolute Gasteiger partial charge is 0.396 e. The van der Waals surface area contributed by atoms with Crippen LogP contribution >= 0.6 is 27.3 Å². The van der Waals surface area contributed by atoms with E-state index in [-0.39, 0.29) is 16.6 Å². The van der Waals surface area contributed by atoms with Crippen molar-refractivity contribution < 1.29 is 13.5 Å². The number of aliphatic hydroxyl groups excluding tert-OH is 1. The van der Waals surface area contributed by atoms with Crippen LogP contribution in [-0.2, 0) is 16.4 Å². The molecule has 0 atom stereocenters. The van der Waals surface area contributed by atoms with Gasteiger partial charge in [-0.1, -0.05) is 0 Å². The molecule has 8 heteroatoms. The summed E-state index contributed by atoms with van der Waals surface area (Å²) < 4.78 is 27.6. The Hall–Kier alpha value is -0.960. The summed E-state index contributed by atoms with van der Waals surface area (Å²) in [6.07, 6.45) is 1.97. The van der Waals surface area contributed by atoms with E-state index in [4.69, 9.17) is 5.11 Å². The summed E-state index contributed by atoms with van der Waals surface area (Å²) in [5, 5.41) is 8.82. The van der Waals surface area contributed by atoms with Crippen LogP contribution in [-0.4, -0.2) is 25.1 Å². The number of hydrogen-bond acceptors (Lipinski definition) is 5. The van der Waals surface area contributed by atoms with Gasteiger partial charge in [0.05, 0.1) is 0 Å². The monoisotopic (exact) mass is 362 g/mol. The first-order valence-corrected chi connectivity index (χ1v) is 8.44. The van der Waals surface area contributed by atoms with Crippen molar-refractivity contribution in [3.63, 3.8) is 0 Å². The Morgan fingerprint density at radius 1 is 1.32 bits per heavy atom. The summed E-state index contributed by atoms with van der Waals surface area (Å²) in [5.41, 5.74) is 0. The Bertz CT molecular complexity index is 653. The van der Waals surface area contributed by atoms with Gasteiger partial charge in [-0.15, -0.1) is 11.3 Å². The minimum Gasteiger partial charge on any atom is -0.396 e. The van der Waals surface area contributed by atoms with E-state index in [1.165, 1.54) is 12.3 Å². The highest BCUT2D eigenvalue weighted by molar-refractivity contribution is 9.10. The first kappa shape index (κ1) is 14.4. The number of thiophene rings is 1. The fourth-order valence-corrected chi connectivity index (χ4v) is 3.96. The Morgan fingerprint density at radius 3 is 2.74 bits per heavy atom. The van der Waals surface area contributed by atoms with Gasteiger partial charge in [-0.3, -0.25) is 4.72 Å². The smallest absolute Gasteiger partial charge is 0.272 e. The van der Waals surface area contributed by atoms with Crippen LogP contribution in [0, 0.1) is 0 Å². The molecule has 0 fully saturated rings. The Morgan fingerprint density at radius 2 is 2.11 bits per heavy atom. The lowest BCUT2D eigenvalue weighted by Crippen LogP contribution is -2.12. The second-order valence-electron chi connectivity index (χ2n) is 3.66. The molecule has 0 aromatic carbocycles. The summed E-state index contributed by atoms with van der Waals surface area (Å²) in [4.78, 5) is 4.79. The highest BCUT2D eigenvalue weighted by atomic mass is 79.9. The molecule has 0 saturated heterocycles. The van der Waals surface area contributed by atoms with E-state index in [1.807, 2.05) is 0 Å². The van der Waals surface area contributed by atoms with Crippen molar-refractivity contribution in [1.82, 2.24) is 4.98 Å². The Balaban J connectivity index is 2.19. The number of aliphatic hydroxyl groups is 1. The number of aromatic nitrogens is 1. The molecule has 2 aromatic heterocycles. The van der Waals surface area contributed by atoms with Gasteiger partial charge in [0, 0.05) is 28.6 Å². The van der Waals surface area contributed by atoms with Crippen LogP contribution in [0.1, 0.15) is 4.88 Å². The molecule has 2 heterocycles. The second kappa shape index (κ2) is 6.00. The molecule has 0 aliphatic heterocycles. The molecule has 102 valence electrons. The van der Waals surface area contributed by atoms with E-state index in [2.05, 4.69) is 25.6 Å². The van der Waals surface area contributed by atoms with E-state index < -0.39 is 10.0 Å². The van der Waals surface area contributed by atoms with Gasteiger partial charge < -0.3 is 5.11 Å². The molecule has 0 radical (unpaired) electrons. The molecule has 19 heavy (non-hydrogen) atoms. The minimum atomic E-state index is -3.61. The van der Waals surface area contributed by atoms with Crippen LogP contribution < -0.4 is 4.72 Å². The van der Waals surface area contributed by atoms with Crippen molar-refractivity contribution in [3.05, 3.63) is 39.8 Å². The van der Waals surface area contributed by atoms with Gasteiger partial charge in [-0.2, -0.15) is 0 Å². The van der Waals surface area contributed by atoms with E-state index in [1.54, 1.807) is 18.2 Å². The second-order valence-corrected chi connectivity index (χ2v) is 7.65. The molecule has 2 N–H and O–H groups in total. The molecule has 0 unspecified atom stereocenters. The third-order valence-corrected chi connectivity index (χ3v) is 5.69. The van der Waals surface area contributed by atoms with E-state index >= 15 is 0 Å². The van der Waals surface area contributed by atoms with Gasteiger partial charge in [0.15, 0.2) is 0 Å². The minimum absolute atomic E-state index is 0.00168. The molecule has 2 rings (SSSR count). The highest BCUT2D eigenvalue weighted by Crippen LogP contribution is 2.24. The van der Waals surface area contributed by atoms with Gasteiger partial charge in [0.25, 0.3) is 10.0 Å². The van der Waals surface area contributed by atoms with Gasteiger partial charge in [0.1, 0.15) is 10.0 Å². The summed E-state index contributed by atoms with van der Waals surface area (Å²) >= 11 is 4.37. The molecule has 2 aromatic rings. The van der Waals surface area contributed by atoms with Crippen LogP contribution in [0.25, 0.3) is 0 Å². The first-order chi connectivity index (χ1) is 9.01. The van der Waals surface area contributed by atoms with Crippen molar-refractivity contribution in [3.8, 4) is 0 Å². The molecule has 0 saturated carbocycles. The number of rotatable bonds is 5. The Labute approximate surface area is 123 Å². The van der Waals surface area contributed by atoms with E-state index in [0.29, 0.717) is 6.42 Å². The van der Waals surface area contributed by atoms with E-state index in [9.17, 15) is 8.42 Å². The lowest BCUT2D eigenvalue weighted by molar-refractivity contribution is 0.300. The van der Waals surface area contributed by atoms with Gasteiger partial charge >= 0.3 is 0 Å². The van der Waals surface area contributed by atoms with Crippen molar-refractivity contribution >= 4 is 43.1 Å². The van der Waals surface area contributed by atoms with Gasteiger partial charge in [-0.05, 0) is 40.2 Å². The summed E-state index contributed by atoms with van der Waals surface area (Å²) in [7, 11) is -3.61. The average Bonchev–Trinajstić information content (AvgIpc) is 2.82. The van der Waals surface area contributed by atoms with Crippen molar-refractivity contribution in [2.24, 2.45) is 0 Å². The molecular weight excluding hydrogens is 352 g/mol. The quantitative estimate of drug-likeness (QED) is 0.854. The average molecular weight is 363 g/mol. The highest BCUT2D eigenvalue weighted by Gasteiger charge is 2.17. The third-order valence-electron chi connectivity index (χ3n) is 2.23.